The van der Waals surface area contributed by atoms with Crippen molar-refractivity contribution in [2.45, 2.75) is 109 Å². The number of fused-ring (bicyclic) bond motifs is 1. The minimum atomic E-state index is -0.113. The third kappa shape index (κ3) is 5.23. The zero-order valence-corrected chi connectivity index (χ0v) is 49.5. The van der Waals surface area contributed by atoms with Crippen LogP contribution in [0.2, 0.25) is 0 Å². The Hall–Kier alpha value is -5.74. The van der Waals surface area contributed by atoms with E-state index in [0.717, 1.165) is 38.8 Å². The van der Waals surface area contributed by atoms with Gasteiger partial charge in [-0.1, -0.05) is 75.7 Å². The van der Waals surface area contributed by atoms with Gasteiger partial charge in [-0.25, -0.2) is 0 Å². The van der Waals surface area contributed by atoms with E-state index in [1.54, 1.807) is 153 Å². The minimum absolute atomic E-state index is 0.113. The lowest BCUT2D eigenvalue weighted by molar-refractivity contribution is 0.0528. The summed E-state index contributed by atoms with van der Waals surface area (Å²) >= 11 is 8.15. The maximum atomic E-state index is 6.55. The van der Waals surface area contributed by atoms with Gasteiger partial charge in [0.1, 0.15) is 0 Å². The summed E-state index contributed by atoms with van der Waals surface area (Å²) < 4.78 is 12.1. The van der Waals surface area contributed by atoms with Crippen LogP contribution in [0.25, 0.3) is 159 Å². The van der Waals surface area contributed by atoms with Crippen molar-refractivity contribution in [2.75, 3.05) is 40.0 Å². The first-order valence-electron chi connectivity index (χ1n) is 30.8. The van der Waals surface area contributed by atoms with Crippen molar-refractivity contribution < 1.29 is 9.47 Å². The van der Waals surface area contributed by atoms with Crippen molar-refractivity contribution in [3.8, 4) is 29.3 Å². The number of ether oxygens (including phenoxy) is 2. The van der Waals surface area contributed by atoms with Crippen LogP contribution in [0, 0.1) is 5.92 Å². The van der Waals surface area contributed by atoms with Crippen LogP contribution in [0.3, 0.4) is 0 Å². The molecule has 396 valence electrons. The van der Waals surface area contributed by atoms with Gasteiger partial charge in [-0.05, 0) is 262 Å². The van der Waals surface area contributed by atoms with Crippen molar-refractivity contribution in [3.63, 3.8) is 0 Å². The molecule has 1 saturated heterocycles. The lowest BCUT2D eigenvalue weighted by Gasteiger charge is -2.42. The van der Waals surface area contributed by atoms with E-state index in [1.807, 2.05) is 34.0 Å². The molecular weight excluding hydrogens is 1060 g/mol. The summed E-state index contributed by atoms with van der Waals surface area (Å²) in [5.74, 6) is 0.401. The van der Waals surface area contributed by atoms with E-state index < -0.39 is 0 Å². The van der Waals surface area contributed by atoms with Gasteiger partial charge in [0, 0.05) is 65.7 Å². The fraction of sp³-hybridized carbons (Fsp3) is 0.324. The lowest BCUT2D eigenvalue weighted by Crippen LogP contribution is -2.43. The average Bonchev–Trinajstić information content (AvgIpc) is 1.46. The fourth-order valence-electron chi connectivity index (χ4n) is 19.5. The summed E-state index contributed by atoms with van der Waals surface area (Å²) in [6, 6.07) is 28.4. The number of methoxy groups -OCH3 is 1. The van der Waals surface area contributed by atoms with Gasteiger partial charge in [-0.2, -0.15) is 0 Å². The van der Waals surface area contributed by atoms with E-state index in [1.165, 1.54) is 114 Å². The average molecular weight is 1120 g/mol. The van der Waals surface area contributed by atoms with Gasteiger partial charge < -0.3 is 9.47 Å². The second kappa shape index (κ2) is 15.7. The first-order valence-corrected chi connectivity index (χ1v) is 34.1. The Bertz CT molecular complexity index is 5390. The minimum Gasteiger partial charge on any atom is -0.382 e. The van der Waals surface area contributed by atoms with Crippen molar-refractivity contribution in [2.24, 2.45) is 5.92 Å². The molecule has 3 atom stereocenters. The summed E-state index contributed by atoms with van der Waals surface area (Å²) in [4.78, 5) is 13.3. The maximum Gasteiger partial charge on any atom is 0.0700 e. The van der Waals surface area contributed by atoms with Gasteiger partial charge in [-0.15, -0.1) is 45.3 Å². The molecule has 0 N–H and O–H groups in total. The standard InChI is InChI=1S/C74H59NO2S4/c1-4-6-8-10-12-34-18-23-78-71(34)47-16-14-45(79-47)46-15-17-48(80-46)72-35(13-11-9-7-5-2)31-49(81-72)73-74-32-42-29-40-27-37-24-36-25-39-26-38-28-41-30-43(44(74)33-75(73)19-20-77-22-21-76-3)57-62-53(41)52(38)59-54(39)58-50(36)51(37)60-55(40)61-56(42)70(74)69(57)68-66(61)64(60)63(58)65(59)67(62)68/h14-18,23-27,29,31,44,73H,4-13,19-22,28,30,32-33H2,1-3H3. The Kier molecular flexibility index (Phi) is 8.87. The van der Waals surface area contributed by atoms with E-state index in [-0.39, 0.29) is 11.5 Å². The number of rotatable bonds is 20. The van der Waals surface area contributed by atoms with E-state index in [9.17, 15) is 0 Å². The highest BCUT2D eigenvalue weighted by molar-refractivity contribution is 7.28. The zero-order chi connectivity index (χ0) is 52.6. The number of likely N-dealkylation sites (tertiary alicyclic amines) is 1. The number of aryl methyl sites for hydroxylation is 2. The summed E-state index contributed by atoms with van der Waals surface area (Å²) in [5, 5.41) is 40.5. The Balaban J connectivity index is 0.799. The Morgan fingerprint density at radius 2 is 1.12 bits per heavy atom. The monoisotopic (exact) mass is 1120 g/mol. The van der Waals surface area contributed by atoms with Crippen molar-refractivity contribution in [1.82, 2.24) is 4.90 Å². The lowest BCUT2D eigenvalue weighted by atomic mass is 9.60. The second-order valence-corrected chi connectivity index (χ2v) is 30.1. The molecule has 7 heteroatoms. The largest absolute Gasteiger partial charge is 0.382 e. The molecule has 21 rings (SSSR count). The maximum absolute atomic E-state index is 6.55. The van der Waals surface area contributed by atoms with Crippen molar-refractivity contribution in [3.05, 3.63) is 115 Å². The molecule has 5 aliphatic rings. The Labute approximate surface area is 485 Å². The first kappa shape index (κ1) is 45.7. The number of hydrogen-bond donors (Lipinski definition) is 0. The molecule has 1 aliphatic heterocycles. The molecule has 0 radical (unpaired) electrons. The molecular formula is C74H59NO2S4. The molecule has 16 aromatic rings. The van der Waals surface area contributed by atoms with E-state index in [0.29, 0.717) is 25.7 Å². The van der Waals surface area contributed by atoms with Crippen molar-refractivity contribution in [1.29, 1.82) is 0 Å². The van der Waals surface area contributed by atoms with E-state index in [4.69, 9.17) is 9.47 Å². The topological polar surface area (TPSA) is 21.7 Å². The summed E-state index contributed by atoms with van der Waals surface area (Å²) in [6.07, 6.45) is 15.9. The van der Waals surface area contributed by atoms with E-state index >= 15 is 0 Å². The Morgan fingerprint density at radius 1 is 0.519 bits per heavy atom. The highest BCUT2D eigenvalue weighted by Crippen LogP contribution is 2.71. The third-order valence-electron chi connectivity index (χ3n) is 22.2. The molecule has 1 fully saturated rings. The SMILES string of the molecule is CCCCCCc1ccsc1-c1ccc(-c2ccc(-c3sc(C4N(CCOCCOC)CC5C6=c7c8c9c%10c(cc%11cc%12cc%13cc%14cc%15c%16c(c7c7c8c8c%10c%11c%10c%12c%13c%11c%14c%16c7c%11c%108)=C(C6)C%15)CC954)cc3CCCCCC)s2)s1. The highest BCUT2D eigenvalue weighted by Gasteiger charge is 2.63. The van der Waals surface area contributed by atoms with Crippen LogP contribution in [0.5, 0.6) is 0 Å². The normalized spacial score (nSPS) is 19.8. The van der Waals surface area contributed by atoms with Crippen LogP contribution in [0.1, 0.15) is 110 Å². The Morgan fingerprint density at radius 3 is 1.84 bits per heavy atom. The highest BCUT2D eigenvalue weighted by atomic mass is 32.1. The van der Waals surface area contributed by atoms with Crippen LogP contribution in [0.15, 0.2) is 72.1 Å². The molecule has 0 bridgehead atoms. The molecule has 0 amide bonds. The number of benzene rings is 8. The predicted octanol–water partition coefficient (Wildman–Crippen LogP) is 19.2. The van der Waals surface area contributed by atoms with Crippen molar-refractivity contribution >= 4 is 175 Å². The molecule has 4 aromatic heterocycles. The van der Waals surface area contributed by atoms with Gasteiger partial charge in [0.25, 0.3) is 0 Å². The van der Waals surface area contributed by atoms with Crippen LogP contribution in [0.4, 0.5) is 0 Å². The number of hydrogen-bond acceptors (Lipinski definition) is 7. The molecule has 0 saturated carbocycles. The molecule has 3 nitrogen and oxygen atoms in total. The van der Waals surface area contributed by atoms with Gasteiger partial charge in [-0.3, -0.25) is 4.90 Å². The molecule has 4 aliphatic carbocycles. The third-order valence-corrected chi connectivity index (χ3v) is 27.1. The predicted molar refractivity (Wildman–Crippen MR) is 350 cm³/mol. The smallest absolute Gasteiger partial charge is 0.0700 e. The van der Waals surface area contributed by atoms with Gasteiger partial charge in [0.05, 0.1) is 25.9 Å². The van der Waals surface area contributed by atoms with E-state index in [2.05, 4.69) is 102 Å². The molecule has 1 spiro atoms. The molecule has 3 unspecified atom stereocenters. The first-order chi connectivity index (χ1) is 40.1. The summed E-state index contributed by atoms with van der Waals surface area (Å²) in [5.41, 5.74) is 11.4. The van der Waals surface area contributed by atoms with Crippen LogP contribution in [-0.2, 0) is 40.6 Å². The van der Waals surface area contributed by atoms with Crippen LogP contribution >= 0.6 is 45.3 Å². The summed E-state index contributed by atoms with van der Waals surface area (Å²) in [6.45, 7) is 8.62. The zero-order valence-electron chi connectivity index (χ0n) is 46.2. The number of nitrogens with zero attached hydrogens (tertiary/aromatic N) is 1. The van der Waals surface area contributed by atoms with Gasteiger partial charge in [0.15, 0.2) is 0 Å². The second-order valence-electron chi connectivity index (χ2n) is 26.0. The summed E-state index contributed by atoms with van der Waals surface area (Å²) in [7, 11) is 1.80. The quantitative estimate of drug-likeness (QED) is 0.0561. The molecule has 5 heterocycles. The number of thiophene rings is 4. The fourth-order valence-corrected chi connectivity index (χ4v) is 24.4. The molecule has 12 aromatic carbocycles. The van der Waals surface area contributed by atoms with Gasteiger partial charge >= 0.3 is 0 Å². The van der Waals surface area contributed by atoms with Crippen LogP contribution in [-0.4, -0.2) is 44.9 Å². The van der Waals surface area contributed by atoms with Gasteiger partial charge in [0.2, 0.25) is 0 Å². The number of unbranched alkanes of at least 4 members (excludes halogenated alkanes) is 6. The van der Waals surface area contributed by atoms with Crippen LogP contribution < -0.4 is 10.4 Å². The molecule has 81 heavy (non-hydrogen) atoms.